The van der Waals surface area contributed by atoms with E-state index in [9.17, 15) is 22.4 Å². The molecule has 2 amide bonds. The van der Waals surface area contributed by atoms with E-state index < -0.39 is 33.7 Å². The van der Waals surface area contributed by atoms with Crippen LogP contribution in [0.4, 0.5) is 20.6 Å². The summed E-state index contributed by atoms with van der Waals surface area (Å²) >= 11 is 0. The zero-order valence-electron chi connectivity index (χ0n) is 15.9. The Bertz CT molecular complexity index is 993. The molecule has 1 atom stereocenters. The number of para-hydroxylation sites is 1. The Labute approximate surface area is 168 Å². The molecule has 156 valence electrons. The highest BCUT2D eigenvalue weighted by atomic mass is 32.2. The Morgan fingerprint density at radius 3 is 2.34 bits per heavy atom. The lowest BCUT2D eigenvalue weighted by Crippen LogP contribution is -2.42. The lowest BCUT2D eigenvalue weighted by Gasteiger charge is -2.19. The van der Waals surface area contributed by atoms with Crippen molar-refractivity contribution in [2.75, 3.05) is 16.9 Å². The van der Waals surface area contributed by atoms with Crippen LogP contribution in [0.25, 0.3) is 0 Å². The van der Waals surface area contributed by atoms with E-state index in [2.05, 4.69) is 16.0 Å². The molecule has 0 bridgehead atoms. The van der Waals surface area contributed by atoms with Crippen LogP contribution in [0.3, 0.4) is 0 Å². The largest absolute Gasteiger partial charge is 0.465 e. The standard InChI is InChI=1S/C19H22FN3O5S/c1-3-14(23-19(25)26)18(24)22-15-5-4-6-16(29(2,27)28)17(15)21-11-12-7-9-13(20)10-8-12/h4-10,14,21,23H,3,11H2,1-2H3,(H,22,24)(H,25,26). The highest BCUT2D eigenvalue weighted by molar-refractivity contribution is 7.90. The van der Waals surface area contributed by atoms with Gasteiger partial charge in [0.2, 0.25) is 5.91 Å². The van der Waals surface area contributed by atoms with Gasteiger partial charge in [0.05, 0.1) is 16.3 Å². The number of halogens is 1. The molecule has 0 radical (unpaired) electrons. The minimum Gasteiger partial charge on any atom is -0.465 e. The Kier molecular flexibility index (Phi) is 7.16. The number of sulfone groups is 1. The van der Waals surface area contributed by atoms with Crippen molar-refractivity contribution < 1.29 is 27.5 Å². The molecule has 0 aliphatic rings. The predicted octanol–water partition coefficient (Wildman–Crippen LogP) is 2.83. The Hall–Kier alpha value is -3.14. The maximum absolute atomic E-state index is 13.1. The van der Waals surface area contributed by atoms with Crippen molar-refractivity contribution in [2.24, 2.45) is 0 Å². The van der Waals surface area contributed by atoms with Crippen LogP contribution in [0.15, 0.2) is 47.4 Å². The first-order chi connectivity index (χ1) is 13.6. The molecule has 0 aliphatic carbocycles. The summed E-state index contributed by atoms with van der Waals surface area (Å²) in [4.78, 5) is 23.3. The Morgan fingerprint density at radius 1 is 1.14 bits per heavy atom. The number of nitrogens with one attached hydrogen (secondary N) is 3. The van der Waals surface area contributed by atoms with Crippen LogP contribution in [0.5, 0.6) is 0 Å². The summed E-state index contributed by atoms with van der Waals surface area (Å²) in [5.41, 5.74) is 1.05. The molecule has 0 fully saturated rings. The summed E-state index contributed by atoms with van der Waals surface area (Å²) in [6, 6.07) is 9.04. The van der Waals surface area contributed by atoms with E-state index in [0.29, 0.717) is 5.56 Å². The van der Waals surface area contributed by atoms with Crippen molar-refractivity contribution in [3.05, 3.63) is 53.8 Å². The molecule has 0 heterocycles. The average molecular weight is 423 g/mol. The van der Waals surface area contributed by atoms with Gasteiger partial charge in [0, 0.05) is 12.8 Å². The predicted molar refractivity (Wildman–Crippen MR) is 107 cm³/mol. The smallest absolute Gasteiger partial charge is 0.405 e. The molecule has 2 aromatic carbocycles. The molecular weight excluding hydrogens is 401 g/mol. The zero-order valence-corrected chi connectivity index (χ0v) is 16.7. The molecule has 1 unspecified atom stereocenters. The van der Waals surface area contributed by atoms with Crippen molar-refractivity contribution in [1.82, 2.24) is 5.32 Å². The minimum atomic E-state index is -3.63. The van der Waals surface area contributed by atoms with Gasteiger partial charge in [-0.2, -0.15) is 0 Å². The van der Waals surface area contributed by atoms with Gasteiger partial charge in [-0.25, -0.2) is 17.6 Å². The topological polar surface area (TPSA) is 125 Å². The van der Waals surface area contributed by atoms with E-state index in [-0.39, 0.29) is 29.2 Å². The number of hydrogen-bond acceptors (Lipinski definition) is 5. The Morgan fingerprint density at radius 2 is 1.79 bits per heavy atom. The summed E-state index contributed by atoms with van der Waals surface area (Å²) in [5.74, 6) is -1.01. The number of carboxylic acid groups (broad SMARTS) is 1. The molecular formula is C19H22FN3O5S. The number of benzene rings is 2. The highest BCUT2D eigenvalue weighted by Crippen LogP contribution is 2.30. The van der Waals surface area contributed by atoms with Crippen molar-refractivity contribution in [1.29, 1.82) is 0 Å². The molecule has 10 heteroatoms. The SMILES string of the molecule is CCC(NC(=O)O)C(=O)Nc1cccc(S(C)(=O)=O)c1NCc1ccc(F)cc1. The monoisotopic (exact) mass is 423 g/mol. The average Bonchev–Trinajstić information content (AvgIpc) is 2.65. The van der Waals surface area contributed by atoms with Crippen LogP contribution in [0.1, 0.15) is 18.9 Å². The molecule has 0 aliphatic heterocycles. The van der Waals surface area contributed by atoms with Gasteiger partial charge in [0.1, 0.15) is 11.9 Å². The van der Waals surface area contributed by atoms with Crippen LogP contribution in [-0.2, 0) is 21.2 Å². The molecule has 0 spiro atoms. The van der Waals surface area contributed by atoms with E-state index in [1.807, 2.05) is 0 Å². The lowest BCUT2D eigenvalue weighted by atomic mass is 10.2. The summed E-state index contributed by atoms with van der Waals surface area (Å²) in [5, 5.41) is 16.5. The fraction of sp³-hybridized carbons (Fsp3) is 0.263. The van der Waals surface area contributed by atoms with Crippen molar-refractivity contribution in [3.63, 3.8) is 0 Å². The molecule has 2 aromatic rings. The second-order valence-corrected chi connectivity index (χ2v) is 8.31. The van der Waals surface area contributed by atoms with Gasteiger partial charge in [-0.1, -0.05) is 25.1 Å². The van der Waals surface area contributed by atoms with Gasteiger partial charge in [-0.3, -0.25) is 4.79 Å². The van der Waals surface area contributed by atoms with Gasteiger partial charge in [-0.05, 0) is 36.2 Å². The second kappa shape index (κ2) is 9.37. The van der Waals surface area contributed by atoms with Gasteiger partial charge in [-0.15, -0.1) is 0 Å². The fourth-order valence-electron chi connectivity index (χ4n) is 2.64. The number of rotatable bonds is 8. The van der Waals surface area contributed by atoms with Crippen LogP contribution in [0.2, 0.25) is 0 Å². The fourth-order valence-corrected chi connectivity index (χ4v) is 3.52. The van der Waals surface area contributed by atoms with Crippen LogP contribution < -0.4 is 16.0 Å². The third kappa shape index (κ3) is 6.18. The van der Waals surface area contributed by atoms with Crippen LogP contribution in [0, 0.1) is 5.82 Å². The number of hydrogen-bond donors (Lipinski definition) is 4. The summed E-state index contributed by atoms with van der Waals surface area (Å²) < 4.78 is 37.5. The first kappa shape index (κ1) is 22.2. The first-order valence-corrected chi connectivity index (χ1v) is 10.6. The van der Waals surface area contributed by atoms with E-state index >= 15 is 0 Å². The molecule has 0 saturated carbocycles. The third-order valence-corrected chi connectivity index (χ3v) is 5.23. The Balaban J connectivity index is 2.34. The van der Waals surface area contributed by atoms with Crippen LogP contribution in [-0.4, -0.2) is 37.8 Å². The third-order valence-electron chi connectivity index (χ3n) is 4.09. The maximum atomic E-state index is 13.1. The number of anilines is 2. The van der Waals surface area contributed by atoms with E-state index in [4.69, 9.17) is 5.11 Å². The molecule has 4 N–H and O–H groups in total. The van der Waals surface area contributed by atoms with Gasteiger partial charge in [0.15, 0.2) is 9.84 Å². The van der Waals surface area contributed by atoms with Crippen molar-refractivity contribution in [2.45, 2.75) is 30.8 Å². The maximum Gasteiger partial charge on any atom is 0.405 e. The normalized spacial score (nSPS) is 12.1. The molecule has 0 aromatic heterocycles. The van der Waals surface area contributed by atoms with Gasteiger partial charge >= 0.3 is 6.09 Å². The van der Waals surface area contributed by atoms with E-state index in [1.165, 1.54) is 30.3 Å². The lowest BCUT2D eigenvalue weighted by molar-refractivity contribution is -0.118. The van der Waals surface area contributed by atoms with Gasteiger partial charge < -0.3 is 21.1 Å². The van der Waals surface area contributed by atoms with E-state index in [0.717, 1.165) is 6.26 Å². The minimum absolute atomic E-state index is 0.0309. The second-order valence-electron chi connectivity index (χ2n) is 6.33. The molecule has 29 heavy (non-hydrogen) atoms. The molecule has 8 nitrogen and oxygen atoms in total. The summed E-state index contributed by atoms with van der Waals surface area (Å²) in [7, 11) is -3.63. The number of amides is 2. The quantitative estimate of drug-likeness (QED) is 0.518. The molecule has 2 rings (SSSR count). The van der Waals surface area contributed by atoms with Gasteiger partial charge in [0.25, 0.3) is 0 Å². The summed E-state index contributed by atoms with van der Waals surface area (Å²) in [6.45, 7) is 1.82. The number of carbonyl (C=O) groups is 2. The number of carbonyl (C=O) groups excluding carboxylic acids is 1. The van der Waals surface area contributed by atoms with Crippen molar-refractivity contribution in [3.8, 4) is 0 Å². The molecule has 0 saturated heterocycles. The first-order valence-electron chi connectivity index (χ1n) is 8.73. The van der Waals surface area contributed by atoms with Crippen LogP contribution >= 0.6 is 0 Å². The van der Waals surface area contributed by atoms with E-state index in [1.54, 1.807) is 19.1 Å². The summed E-state index contributed by atoms with van der Waals surface area (Å²) in [6.07, 6.45) is -0.0911. The highest BCUT2D eigenvalue weighted by Gasteiger charge is 2.22. The van der Waals surface area contributed by atoms with Crippen molar-refractivity contribution >= 4 is 33.2 Å². The zero-order chi connectivity index (χ0) is 21.6.